The number of phosphoric ester groups is 1. The predicted octanol–water partition coefficient (Wildman–Crippen LogP) is 1.29. The van der Waals surface area contributed by atoms with Crippen molar-refractivity contribution in [2.75, 3.05) is 11.9 Å². The van der Waals surface area contributed by atoms with Gasteiger partial charge in [0, 0.05) is 5.33 Å². The Kier molecular flexibility index (Phi) is 2.89. The van der Waals surface area contributed by atoms with Gasteiger partial charge in [0.1, 0.15) is 0 Å². The molecule has 4 nitrogen and oxygen atoms in total. The highest BCUT2D eigenvalue weighted by molar-refractivity contribution is 9.09. The zero-order valence-corrected chi connectivity index (χ0v) is 7.68. The van der Waals surface area contributed by atoms with Gasteiger partial charge in [0.2, 0.25) is 0 Å². The topological polar surface area (TPSA) is 55.8 Å². The van der Waals surface area contributed by atoms with E-state index in [9.17, 15) is 4.57 Å². The molecule has 1 aliphatic rings. The van der Waals surface area contributed by atoms with Crippen LogP contribution in [0.15, 0.2) is 0 Å². The SMILES string of the molecule is O=P1(O)OCCC(CBr)O1. The number of halogens is 1. The average molecular weight is 231 g/mol. The normalized spacial score (nSPS) is 41.6. The molecule has 0 saturated carbocycles. The summed E-state index contributed by atoms with van der Waals surface area (Å²) in [6, 6.07) is 0. The van der Waals surface area contributed by atoms with Crippen LogP contribution in [0.2, 0.25) is 0 Å². The monoisotopic (exact) mass is 230 g/mol. The zero-order valence-electron chi connectivity index (χ0n) is 5.20. The number of alkyl halides is 1. The predicted molar refractivity (Wildman–Crippen MR) is 39.1 cm³/mol. The number of hydrogen-bond acceptors (Lipinski definition) is 3. The first kappa shape index (κ1) is 8.68. The van der Waals surface area contributed by atoms with E-state index in [4.69, 9.17) is 4.89 Å². The van der Waals surface area contributed by atoms with Gasteiger partial charge in [-0.3, -0.25) is 9.05 Å². The summed E-state index contributed by atoms with van der Waals surface area (Å²) in [5, 5.41) is 0.570. The summed E-state index contributed by atoms with van der Waals surface area (Å²) in [6.45, 7) is 0.296. The van der Waals surface area contributed by atoms with Crippen LogP contribution in [-0.4, -0.2) is 22.9 Å². The molecule has 0 amide bonds. The second kappa shape index (κ2) is 3.32. The molecule has 0 aromatic heterocycles. The Morgan fingerprint density at radius 3 is 2.90 bits per heavy atom. The van der Waals surface area contributed by atoms with E-state index >= 15 is 0 Å². The maximum atomic E-state index is 10.7. The van der Waals surface area contributed by atoms with E-state index in [-0.39, 0.29) is 6.10 Å². The van der Waals surface area contributed by atoms with Gasteiger partial charge in [0.15, 0.2) is 0 Å². The first-order valence-corrected chi connectivity index (χ1v) is 5.47. The lowest BCUT2D eigenvalue weighted by atomic mass is 10.3. The van der Waals surface area contributed by atoms with E-state index < -0.39 is 7.82 Å². The Labute approximate surface area is 67.3 Å². The second-order valence-corrected chi connectivity index (χ2v) is 4.03. The van der Waals surface area contributed by atoms with Crippen molar-refractivity contribution in [1.82, 2.24) is 0 Å². The highest BCUT2D eigenvalue weighted by atomic mass is 79.9. The van der Waals surface area contributed by atoms with Crippen LogP contribution in [0.1, 0.15) is 6.42 Å². The van der Waals surface area contributed by atoms with Gasteiger partial charge in [0.25, 0.3) is 0 Å². The highest BCUT2D eigenvalue weighted by Gasteiger charge is 2.30. The summed E-state index contributed by atoms with van der Waals surface area (Å²) in [7, 11) is -3.69. The minimum Gasteiger partial charge on any atom is -0.302 e. The molecule has 0 aliphatic carbocycles. The highest BCUT2D eigenvalue weighted by Crippen LogP contribution is 2.48. The fraction of sp³-hybridized carbons (Fsp3) is 1.00. The standard InChI is InChI=1S/C4H8BrO4P/c5-3-4-1-2-8-10(6,7)9-4/h4H,1-3H2,(H,6,7). The van der Waals surface area contributed by atoms with Crippen molar-refractivity contribution in [3.63, 3.8) is 0 Å². The molecule has 1 rings (SSSR count). The van der Waals surface area contributed by atoms with E-state index in [1.165, 1.54) is 0 Å². The van der Waals surface area contributed by atoms with E-state index in [0.29, 0.717) is 18.4 Å². The van der Waals surface area contributed by atoms with Crippen molar-refractivity contribution in [2.24, 2.45) is 0 Å². The van der Waals surface area contributed by atoms with Crippen LogP contribution in [0.5, 0.6) is 0 Å². The molecular weight excluding hydrogens is 223 g/mol. The van der Waals surface area contributed by atoms with Crippen LogP contribution in [-0.2, 0) is 13.6 Å². The Hall–Kier alpha value is 0.590. The quantitative estimate of drug-likeness (QED) is 0.545. The van der Waals surface area contributed by atoms with Crippen LogP contribution in [0.3, 0.4) is 0 Å². The molecular formula is C4H8BrO4P. The molecule has 10 heavy (non-hydrogen) atoms. The summed E-state index contributed by atoms with van der Waals surface area (Å²) in [6.07, 6.45) is 0.472. The summed E-state index contributed by atoms with van der Waals surface area (Å²) in [5.74, 6) is 0. The number of rotatable bonds is 1. The number of hydrogen-bond donors (Lipinski definition) is 1. The molecule has 2 atom stereocenters. The van der Waals surface area contributed by atoms with Gasteiger partial charge < -0.3 is 4.89 Å². The Morgan fingerprint density at radius 2 is 2.50 bits per heavy atom. The minimum atomic E-state index is -3.69. The summed E-state index contributed by atoms with van der Waals surface area (Å²) in [4.78, 5) is 8.77. The van der Waals surface area contributed by atoms with Crippen molar-refractivity contribution >= 4 is 23.8 Å². The van der Waals surface area contributed by atoms with E-state index in [1.807, 2.05) is 0 Å². The van der Waals surface area contributed by atoms with Crippen LogP contribution >= 0.6 is 23.8 Å². The molecule has 1 fully saturated rings. The fourth-order valence-corrected chi connectivity index (χ4v) is 2.29. The molecule has 0 spiro atoms. The van der Waals surface area contributed by atoms with Crippen LogP contribution < -0.4 is 0 Å². The van der Waals surface area contributed by atoms with Gasteiger partial charge in [-0.05, 0) is 6.42 Å². The lowest BCUT2D eigenvalue weighted by Crippen LogP contribution is -2.21. The first-order valence-electron chi connectivity index (χ1n) is 2.86. The Balaban J connectivity index is 2.48. The van der Waals surface area contributed by atoms with Gasteiger partial charge in [0.05, 0.1) is 12.7 Å². The summed E-state index contributed by atoms with van der Waals surface area (Å²) < 4.78 is 19.8. The summed E-state index contributed by atoms with van der Waals surface area (Å²) >= 11 is 3.15. The van der Waals surface area contributed by atoms with Gasteiger partial charge in [-0.2, -0.15) is 0 Å². The van der Waals surface area contributed by atoms with Gasteiger partial charge >= 0.3 is 7.82 Å². The van der Waals surface area contributed by atoms with Crippen LogP contribution in [0.4, 0.5) is 0 Å². The van der Waals surface area contributed by atoms with Crippen LogP contribution in [0.25, 0.3) is 0 Å². The molecule has 1 aliphatic heterocycles. The molecule has 0 aromatic carbocycles. The third-order valence-electron chi connectivity index (χ3n) is 1.15. The van der Waals surface area contributed by atoms with Gasteiger partial charge in [-0.1, -0.05) is 15.9 Å². The lowest BCUT2D eigenvalue weighted by Gasteiger charge is -2.23. The second-order valence-electron chi connectivity index (χ2n) is 1.97. The average Bonchev–Trinajstić information content (AvgIpc) is 1.86. The maximum Gasteiger partial charge on any atom is 0.472 e. The first-order chi connectivity index (χ1) is 4.64. The molecule has 1 N–H and O–H groups in total. The third kappa shape index (κ3) is 2.32. The Morgan fingerprint density at radius 1 is 1.80 bits per heavy atom. The molecule has 1 heterocycles. The summed E-state index contributed by atoms with van der Waals surface area (Å²) in [5.41, 5.74) is 0. The van der Waals surface area contributed by atoms with Crippen molar-refractivity contribution < 1.29 is 18.5 Å². The molecule has 1 saturated heterocycles. The molecule has 2 unspecified atom stereocenters. The molecule has 6 heteroatoms. The molecule has 0 radical (unpaired) electrons. The van der Waals surface area contributed by atoms with E-state index in [2.05, 4.69) is 25.0 Å². The largest absolute Gasteiger partial charge is 0.472 e. The van der Waals surface area contributed by atoms with E-state index in [1.54, 1.807) is 0 Å². The van der Waals surface area contributed by atoms with E-state index in [0.717, 1.165) is 0 Å². The third-order valence-corrected chi connectivity index (χ3v) is 2.94. The Bertz CT molecular complexity index is 161. The van der Waals surface area contributed by atoms with Crippen molar-refractivity contribution in [3.8, 4) is 0 Å². The van der Waals surface area contributed by atoms with Crippen molar-refractivity contribution in [3.05, 3.63) is 0 Å². The fourth-order valence-electron chi connectivity index (χ4n) is 0.676. The van der Waals surface area contributed by atoms with Crippen molar-refractivity contribution in [1.29, 1.82) is 0 Å². The number of phosphoric acid groups is 1. The van der Waals surface area contributed by atoms with Crippen LogP contribution in [0, 0.1) is 0 Å². The lowest BCUT2D eigenvalue weighted by molar-refractivity contribution is 0.0593. The van der Waals surface area contributed by atoms with Gasteiger partial charge in [-0.15, -0.1) is 0 Å². The molecule has 0 bridgehead atoms. The minimum absolute atomic E-state index is 0.190. The van der Waals surface area contributed by atoms with Crippen molar-refractivity contribution in [2.45, 2.75) is 12.5 Å². The molecule has 60 valence electrons. The zero-order chi connectivity index (χ0) is 7.61. The smallest absolute Gasteiger partial charge is 0.302 e. The molecule has 0 aromatic rings. The van der Waals surface area contributed by atoms with Gasteiger partial charge in [-0.25, -0.2) is 4.57 Å². The maximum absolute atomic E-state index is 10.7.